The third-order valence-electron chi connectivity index (χ3n) is 12.6. The van der Waals surface area contributed by atoms with Crippen LogP contribution in [0.15, 0.2) is 48.6 Å². The first kappa shape index (κ1) is 36.7. The Labute approximate surface area is 310 Å². The number of piperazine rings is 2. The summed E-state index contributed by atoms with van der Waals surface area (Å²) in [4.78, 5) is 23.9. The fourth-order valence-electron chi connectivity index (χ4n) is 9.21. The molecule has 1 saturated carbocycles. The standard InChI is InChI=1S/C40H56ClN5O4S/c1-28-7-6-9-32(23-44-18-20-45-19-17-43(3)25-36(45)26-44)37-14-11-33(37)24-46-16-5-4-8-30-21-35(41)13-10-34(30)27-50-39-15-12-31(22-38(39)46)40(47)42-51(48,49)29(28)2/h10,12-13,15,21-22,29,32-33,36-37H,1,4-9,11,14,16-20,23-27H2,2-3H3,(H,42,47)/t29-,32-,33+,36-,37+/m1/s1. The van der Waals surface area contributed by atoms with Gasteiger partial charge in [0.2, 0.25) is 10.0 Å². The zero-order valence-corrected chi connectivity index (χ0v) is 32.1. The number of sulfonamides is 1. The molecule has 2 aromatic carbocycles. The van der Waals surface area contributed by atoms with Gasteiger partial charge < -0.3 is 19.4 Å². The number of nitrogens with zero attached hydrogens (tertiary/aromatic N) is 4. The highest BCUT2D eigenvalue weighted by atomic mass is 35.5. The number of likely N-dealkylation sites (N-methyl/N-ethyl adjacent to an activating group) is 1. The van der Waals surface area contributed by atoms with E-state index in [2.05, 4.69) is 44.0 Å². The number of halogens is 1. The van der Waals surface area contributed by atoms with Crippen molar-refractivity contribution in [2.45, 2.75) is 76.2 Å². The summed E-state index contributed by atoms with van der Waals surface area (Å²) in [6.45, 7) is 15.9. The monoisotopic (exact) mass is 737 g/mol. The number of hydrogen-bond donors (Lipinski definition) is 1. The maximum atomic E-state index is 13.6. The molecule has 5 aliphatic rings. The van der Waals surface area contributed by atoms with Crippen molar-refractivity contribution in [1.82, 2.24) is 19.4 Å². The second-order valence-corrected chi connectivity index (χ2v) is 18.4. The molecule has 2 aromatic rings. The van der Waals surface area contributed by atoms with E-state index in [0.29, 0.717) is 53.7 Å². The summed E-state index contributed by atoms with van der Waals surface area (Å²) < 4.78 is 35.9. The number of carbonyl (C=O) groups excluding carboxylic acids is 1. The number of fused-ring (bicyclic) bond motifs is 4. The van der Waals surface area contributed by atoms with Gasteiger partial charge in [-0.3, -0.25) is 9.69 Å². The van der Waals surface area contributed by atoms with E-state index >= 15 is 0 Å². The maximum Gasteiger partial charge on any atom is 0.264 e. The van der Waals surface area contributed by atoms with Gasteiger partial charge in [0, 0.05) is 75.5 Å². The van der Waals surface area contributed by atoms with Gasteiger partial charge in [-0.15, -0.1) is 0 Å². The van der Waals surface area contributed by atoms with Gasteiger partial charge in [0.15, 0.2) is 0 Å². The van der Waals surface area contributed by atoms with Crippen LogP contribution < -0.4 is 14.4 Å². The summed E-state index contributed by atoms with van der Waals surface area (Å²) in [7, 11) is -1.72. The lowest BCUT2D eigenvalue weighted by Gasteiger charge is -2.49. The van der Waals surface area contributed by atoms with Crippen LogP contribution in [0.1, 0.15) is 73.4 Å². The minimum Gasteiger partial charge on any atom is -0.487 e. The lowest BCUT2D eigenvalue weighted by molar-refractivity contribution is -0.000640. The van der Waals surface area contributed by atoms with Crippen LogP contribution in [-0.2, 0) is 23.1 Å². The summed E-state index contributed by atoms with van der Waals surface area (Å²) in [6.07, 6.45) is 7.93. The highest BCUT2D eigenvalue weighted by Crippen LogP contribution is 2.44. The maximum absolute atomic E-state index is 13.6. The lowest BCUT2D eigenvalue weighted by Crippen LogP contribution is -2.62. The Kier molecular flexibility index (Phi) is 11.4. The van der Waals surface area contributed by atoms with Crippen LogP contribution in [0.25, 0.3) is 0 Å². The quantitative estimate of drug-likeness (QED) is 0.386. The SMILES string of the molecule is C=C1CCC[C@H](CN2CCN3CCN(C)C[C@@H]3C2)[C@@H]2CC[C@H]2CN2CCCCc3cc(Cl)ccc3COc3ccc(cc32)C(=O)NS(=O)(=O)[C@@H]1C. The van der Waals surface area contributed by atoms with E-state index in [4.69, 9.17) is 16.3 Å². The van der Waals surface area contributed by atoms with Crippen LogP contribution in [0.3, 0.4) is 0 Å². The van der Waals surface area contributed by atoms with Crippen molar-refractivity contribution in [3.8, 4) is 5.75 Å². The molecule has 4 aliphatic heterocycles. The molecule has 0 aromatic heterocycles. The van der Waals surface area contributed by atoms with Crippen LogP contribution in [-0.4, -0.2) is 106 Å². The highest BCUT2D eigenvalue weighted by molar-refractivity contribution is 7.90. The predicted octanol–water partition coefficient (Wildman–Crippen LogP) is 5.82. The first-order chi connectivity index (χ1) is 24.5. The average molecular weight is 738 g/mol. The molecule has 278 valence electrons. The Morgan fingerprint density at radius 3 is 2.59 bits per heavy atom. The fourth-order valence-corrected chi connectivity index (χ4v) is 10.5. The molecule has 2 saturated heterocycles. The molecule has 0 radical (unpaired) electrons. The third-order valence-corrected chi connectivity index (χ3v) is 14.6. The van der Waals surface area contributed by atoms with Crippen LogP contribution in [0.2, 0.25) is 5.02 Å². The van der Waals surface area contributed by atoms with Gasteiger partial charge >= 0.3 is 0 Å². The van der Waals surface area contributed by atoms with Crippen molar-refractivity contribution in [1.29, 1.82) is 0 Å². The molecule has 9 nitrogen and oxygen atoms in total. The zero-order chi connectivity index (χ0) is 35.7. The topological polar surface area (TPSA) is 85.4 Å². The summed E-state index contributed by atoms with van der Waals surface area (Å²) in [5.41, 5.74) is 4.16. The van der Waals surface area contributed by atoms with E-state index in [1.807, 2.05) is 24.3 Å². The van der Waals surface area contributed by atoms with E-state index in [0.717, 1.165) is 107 Å². The first-order valence-electron chi connectivity index (χ1n) is 19.2. The molecule has 2 bridgehead atoms. The molecule has 4 heterocycles. The average Bonchev–Trinajstić information content (AvgIpc) is 3.12. The molecule has 0 spiro atoms. The zero-order valence-electron chi connectivity index (χ0n) is 30.5. The van der Waals surface area contributed by atoms with E-state index in [1.165, 1.54) is 18.4 Å². The van der Waals surface area contributed by atoms with Crippen molar-refractivity contribution in [2.75, 3.05) is 70.9 Å². The molecule has 51 heavy (non-hydrogen) atoms. The molecule has 5 atom stereocenters. The second-order valence-electron chi connectivity index (χ2n) is 15.9. The number of ether oxygens (including phenoxy) is 1. The summed E-state index contributed by atoms with van der Waals surface area (Å²) in [6, 6.07) is 12.0. The largest absolute Gasteiger partial charge is 0.487 e. The second kappa shape index (κ2) is 15.8. The van der Waals surface area contributed by atoms with Crippen LogP contribution in [0, 0.1) is 17.8 Å². The van der Waals surface area contributed by atoms with E-state index in [1.54, 1.807) is 13.0 Å². The Hall–Kier alpha value is -2.63. The number of anilines is 1. The van der Waals surface area contributed by atoms with E-state index in [9.17, 15) is 13.2 Å². The van der Waals surface area contributed by atoms with Crippen molar-refractivity contribution in [3.63, 3.8) is 0 Å². The fraction of sp³-hybridized carbons (Fsp3) is 0.625. The van der Waals surface area contributed by atoms with Gasteiger partial charge in [-0.05, 0) is 125 Å². The van der Waals surface area contributed by atoms with Gasteiger partial charge in [0.1, 0.15) is 12.4 Å². The first-order valence-corrected chi connectivity index (χ1v) is 21.1. The van der Waals surface area contributed by atoms with Crippen molar-refractivity contribution < 1.29 is 17.9 Å². The molecular weight excluding hydrogens is 682 g/mol. The normalized spacial score (nSPS) is 30.0. The van der Waals surface area contributed by atoms with Gasteiger partial charge in [-0.25, -0.2) is 13.1 Å². The predicted molar refractivity (Wildman–Crippen MR) is 205 cm³/mol. The van der Waals surface area contributed by atoms with Crippen molar-refractivity contribution in [3.05, 3.63) is 70.3 Å². The molecule has 3 fully saturated rings. The van der Waals surface area contributed by atoms with Gasteiger partial charge in [-0.2, -0.15) is 0 Å². The third kappa shape index (κ3) is 8.46. The van der Waals surface area contributed by atoms with E-state index in [-0.39, 0.29) is 0 Å². The number of benzene rings is 2. The number of amides is 1. The lowest BCUT2D eigenvalue weighted by atomic mass is 9.65. The minimum absolute atomic E-state index is 0.313. The van der Waals surface area contributed by atoms with E-state index < -0.39 is 21.2 Å². The van der Waals surface area contributed by atoms with Gasteiger partial charge in [0.25, 0.3) is 5.91 Å². The molecule has 1 amide bonds. The number of rotatable bonds is 2. The van der Waals surface area contributed by atoms with Crippen LogP contribution in [0.5, 0.6) is 5.75 Å². The number of nitrogens with one attached hydrogen (secondary N) is 1. The number of hydrogen-bond acceptors (Lipinski definition) is 8. The van der Waals surface area contributed by atoms with Crippen molar-refractivity contribution >= 4 is 33.2 Å². The minimum atomic E-state index is -3.97. The smallest absolute Gasteiger partial charge is 0.264 e. The summed E-state index contributed by atoms with van der Waals surface area (Å²) in [5, 5.41) is -0.133. The number of carbonyl (C=O) groups is 1. The summed E-state index contributed by atoms with van der Waals surface area (Å²) >= 11 is 6.40. The Balaban J connectivity index is 1.19. The van der Waals surface area contributed by atoms with Crippen LogP contribution in [0.4, 0.5) is 5.69 Å². The van der Waals surface area contributed by atoms with Gasteiger partial charge in [0.05, 0.1) is 10.9 Å². The Morgan fingerprint density at radius 2 is 1.76 bits per heavy atom. The molecule has 1 aliphatic carbocycles. The highest BCUT2D eigenvalue weighted by Gasteiger charge is 2.40. The van der Waals surface area contributed by atoms with Gasteiger partial charge in [-0.1, -0.05) is 29.8 Å². The van der Waals surface area contributed by atoms with Crippen molar-refractivity contribution in [2.24, 2.45) is 17.8 Å². The molecular formula is C40H56ClN5O4S. The Bertz CT molecular complexity index is 1700. The molecule has 0 unspecified atom stereocenters. The molecule has 11 heteroatoms. The Morgan fingerprint density at radius 1 is 0.922 bits per heavy atom. The van der Waals surface area contributed by atoms with Crippen LogP contribution >= 0.6 is 11.6 Å². The molecule has 1 N–H and O–H groups in total. The number of aryl methyl sites for hydroxylation is 1. The molecule has 7 rings (SSSR count). The summed E-state index contributed by atoms with van der Waals surface area (Å²) in [5.74, 6) is 1.76.